The van der Waals surface area contributed by atoms with E-state index in [2.05, 4.69) is 4.98 Å². The first-order valence-electron chi connectivity index (χ1n) is 7.74. The Bertz CT molecular complexity index is 1080. The molecule has 8 heteroatoms. The van der Waals surface area contributed by atoms with Crippen LogP contribution >= 0.6 is 11.6 Å². The lowest BCUT2D eigenvalue weighted by atomic mass is 9.98. The summed E-state index contributed by atoms with van der Waals surface area (Å²) in [5.41, 5.74) is 8.05. The van der Waals surface area contributed by atoms with Gasteiger partial charge in [-0.25, -0.2) is 4.98 Å². The van der Waals surface area contributed by atoms with Crippen LogP contribution in [0, 0.1) is 21.4 Å². The Labute approximate surface area is 159 Å². The lowest BCUT2D eigenvalue weighted by Crippen LogP contribution is -2.00. The van der Waals surface area contributed by atoms with Crippen molar-refractivity contribution in [3.8, 4) is 34.2 Å². The van der Waals surface area contributed by atoms with Crippen LogP contribution in [0.2, 0.25) is 5.02 Å². The summed E-state index contributed by atoms with van der Waals surface area (Å²) in [6.07, 6.45) is 0. The van der Waals surface area contributed by atoms with Crippen LogP contribution in [0.5, 0.6) is 5.75 Å². The molecular weight excluding hydrogens is 368 g/mol. The maximum Gasteiger partial charge on any atom is 0.288 e. The van der Waals surface area contributed by atoms with E-state index in [1.54, 1.807) is 43.5 Å². The largest absolute Gasteiger partial charge is 0.497 e. The molecule has 0 saturated carbocycles. The number of nitro benzene ring substituents is 1. The summed E-state index contributed by atoms with van der Waals surface area (Å²) in [4.78, 5) is 14.9. The number of nitrogen functional groups attached to an aromatic ring is 1. The number of pyridine rings is 1. The molecule has 3 rings (SSSR count). The minimum Gasteiger partial charge on any atom is -0.497 e. The van der Waals surface area contributed by atoms with Crippen LogP contribution in [0.4, 0.5) is 11.5 Å². The van der Waals surface area contributed by atoms with Gasteiger partial charge in [0.05, 0.1) is 17.7 Å². The molecule has 2 N–H and O–H groups in total. The molecule has 1 aromatic heterocycles. The van der Waals surface area contributed by atoms with Gasteiger partial charge in [-0.05, 0) is 42.0 Å². The molecule has 0 radical (unpaired) electrons. The first kappa shape index (κ1) is 18.2. The fourth-order valence-corrected chi connectivity index (χ4v) is 2.83. The van der Waals surface area contributed by atoms with Gasteiger partial charge in [0.1, 0.15) is 28.2 Å². The van der Waals surface area contributed by atoms with Crippen molar-refractivity contribution in [2.45, 2.75) is 0 Å². The minimum atomic E-state index is -0.577. The normalized spacial score (nSPS) is 10.3. The Morgan fingerprint density at radius 3 is 2.44 bits per heavy atom. The molecule has 1 heterocycles. The molecule has 27 heavy (non-hydrogen) atoms. The molecule has 7 nitrogen and oxygen atoms in total. The number of benzene rings is 2. The summed E-state index contributed by atoms with van der Waals surface area (Å²) in [5, 5.41) is 20.7. The van der Waals surface area contributed by atoms with E-state index in [-0.39, 0.29) is 22.1 Å². The van der Waals surface area contributed by atoms with Crippen molar-refractivity contribution >= 4 is 23.1 Å². The number of anilines is 1. The predicted octanol–water partition coefficient (Wildman–Crippen LogP) is 4.44. The summed E-state index contributed by atoms with van der Waals surface area (Å²) < 4.78 is 5.14. The Morgan fingerprint density at radius 2 is 1.85 bits per heavy atom. The second kappa shape index (κ2) is 7.32. The number of nitrogens with zero attached hydrogens (tertiary/aromatic N) is 3. The number of hydrogen-bond donors (Lipinski definition) is 1. The zero-order valence-electron chi connectivity index (χ0n) is 14.1. The van der Waals surface area contributed by atoms with Crippen molar-refractivity contribution in [3.63, 3.8) is 0 Å². The third-order valence-corrected chi connectivity index (χ3v) is 4.32. The van der Waals surface area contributed by atoms with E-state index >= 15 is 0 Å². The summed E-state index contributed by atoms with van der Waals surface area (Å²) in [7, 11) is 1.57. The maximum absolute atomic E-state index is 11.2. The molecule has 134 valence electrons. The van der Waals surface area contributed by atoms with Crippen LogP contribution in [-0.2, 0) is 0 Å². The Balaban J connectivity index is 2.20. The molecule has 0 aliphatic rings. The maximum atomic E-state index is 11.2. The number of nitrogens with two attached hydrogens (primary N) is 1. The molecule has 2 aromatic carbocycles. The van der Waals surface area contributed by atoms with Crippen LogP contribution < -0.4 is 10.5 Å². The molecule has 0 amide bonds. The van der Waals surface area contributed by atoms with E-state index in [0.29, 0.717) is 22.6 Å². The fourth-order valence-electron chi connectivity index (χ4n) is 2.64. The first-order valence-corrected chi connectivity index (χ1v) is 8.11. The van der Waals surface area contributed by atoms with Crippen LogP contribution in [-0.4, -0.2) is 17.0 Å². The number of rotatable bonds is 4. The predicted molar refractivity (Wildman–Crippen MR) is 102 cm³/mol. The van der Waals surface area contributed by atoms with Crippen molar-refractivity contribution < 1.29 is 9.66 Å². The average molecular weight is 381 g/mol. The van der Waals surface area contributed by atoms with Gasteiger partial charge in [-0.3, -0.25) is 10.1 Å². The van der Waals surface area contributed by atoms with Gasteiger partial charge in [-0.2, -0.15) is 5.26 Å². The number of ether oxygens (including phenoxy) is 1. The zero-order valence-corrected chi connectivity index (χ0v) is 14.9. The van der Waals surface area contributed by atoms with Crippen LogP contribution in [0.3, 0.4) is 0 Å². The molecule has 0 bridgehead atoms. The van der Waals surface area contributed by atoms with E-state index in [1.807, 2.05) is 6.07 Å². The summed E-state index contributed by atoms with van der Waals surface area (Å²) >= 11 is 5.88. The van der Waals surface area contributed by atoms with Crippen molar-refractivity contribution in [1.82, 2.24) is 4.98 Å². The van der Waals surface area contributed by atoms with E-state index in [1.165, 1.54) is 12.1 Å². The number of methoxy groups -OCH3 is 1. The average Bonchev–Trinajstić information content (AvgIpc) is 2.67. The monoisotopic (exact) mass is 380 g/mol. The molecule has 0 aliphatic carbocycles. The van der Waals surface area contributed by atoms with Crippen molar-refractivity contribution in [2.75, 3.05) is 12.8 Å². The minimum absolute atomic E-state index is 0.0136. The van der Waals surface area contributed by atoms with E-state index in [9.17, 15) is 15.4 Å². The second-order valence-electron chi connectivity index (χ2n) is 5.58. The van der Waals surface area contributed by atoms with Crippen molar-refractivity contribution in [3.05, 3.63) is 69.2 Å². The quantitative estimate of drug-likeness (QED) is 0.528. The Kier molecular flexibility index (Phi) is 4.92. The highest BCUT2D eigenvalue weighted by molar-refractivity contribution is 6.32. The number of aromatic nitrogens is 1. The third-order valence-electron chi connectivity index (χ3n) is 4.00. The van der Waals surface area contributed by atoms with Gasteiger partial charge in [0, 0.05) is 17.2 Å². The van der Waals surface area contributed by atoms with Gasteiger partial charge < -0.3 is 10.5 Å². The number of nitro groups is 1. The number of nitriles is 1. The zero-order chi connectivity index (χ0) is 19.6. The highest BCUT2D eigenvalue weighted by Gasteiger charge is 2.18. The smallest absolute Gasteiger partial charge is 0.288 e. The van der Waals surface area contributed by atoms with Gasteiger partial charge in [0.2, 0.25) is 0 Å². The summed E-state index contributed by atoms with van der Waals surface area (Å²) in [6.45, 7) is 0. The van der Waals surface area contributed by atoms with Crippen molar-refractivity contribution in [2.24, 2.45) is 0 Å². The van der Waals surface area contributed by atoms with Gasteiger partial charge in [0.15, 0.2) is 0 Å². The van der Waals surface area contributed by atoms with Crippen LogP contribution in [0.25, 0.3) is 22.4 Å². The molecule has 0 saturated heterocycles. The highest BCUT2D eigenvalue weighted by Crippen LogP contribution is 2.35. The molecule has 0 atom stereocenters. The number of hydrogen-bond acceptors (Lipinski definition) is 6. The van der Waals surface area contributed by atoms with Gasteiger partial charge in [0.25, 0.3) is 5.69 Å². The third kappa shape index (κ3) is 3.52. The molecular formula is C19H13ClN4O3. The van der Waals surface area contributed by atoms with Crippen LogP contribution in [0.1, 0.15) is 5.56 Å². The molecule has 0 spiro atoms. The molecule has 3 aromatic rings. The van der Waals surface area contributed by atoms with Crippen molar-refractivity contribution in [1.29, 1.82) is 5.26 Å². The molecule has 0 unspecified atom stereocenters. The molecule has 0 aliphatic heterocycles. The second-order valence-corrected chi connectivity index (χ2v) is 5.99. The van der Waals surface area contributed by atoms with Gasteiger partial charge in [-0.1, -0.05) is 17.7 Å². The molecule has 0 fully saturated rings. The standard InChI is InChI=1S/C19H13ClN4O3/c1-27-13-5-2-11(3-6-13)17-9-14(15(10-21)19(22)23-17)12-4-7-16(20)18(8-12)24(25)26/h2-9H,1H3,(H2,22,23). The Morgan fingerprint density at radius 1 is 1.19 bits per heavy atom. The topological polar surface area (TPSA) is 115 Å². The van der Waals surface area contributed by atoms with Crippen LogP contribution in [0.15, 0.2) is 48.5 Å². The Hall–Kier alpha value is -3.63. The highest BCUT2D eigenvalue weighted by atomic mass is 35.5. The first-order chi connectivity index (χ1) is 12.9. The van der Waals surface area contributed by atoms with E-state index in [4.69, 9.17) is 22.1 Å². The number of halogens is 1. The SMILES string of the molecule is COc1ccc(-c2cc(-c3ccc(Cl)c([N+](=O)[O-])c3)c(C#N)c(N)n2)cc1. The van der Waals surface area contributed by atoms with E-state index in [0.717, 1.165) is 5.56 Å². The lowest BCUT2D eigenvalue weighted by molar-refractivity contribution is -0.384. The van der Waals surface area contributed by atoms with E-state index < -0.39 is 4.92 Å². The fraction of sp³-hybridized carbons (Fsp3) is 0.0526. The van der Waals surface area contributed by atoms with Gasteiger partial charge in [-0.15, -0.1) is 0 Å². The summed E-state index contributed by atoms with van der Waals surface area (Å²) in [6, 6.07) is 15.2. The lowest BCUT2D eigenvalue weighted by Gasteiger charge is -2.11. The van der Waals surface area contributed by atoms with Gasteiger partial charge >= 0.3 is 0 Å². The summed E-state index contributed by atoms with van der Waals surface area (Å²) in [5.74, 6) is 0.729.